The summed E-state index contributed by atoms with van der Waals surface area (Å²) in [5.74, 6) is 1.80. The molecule has 0 aromatic carbocycles. The second-order valence-corrected chi connectivity index (χ2v) is 6.17. The van der Waals surface area contributed by atoms with Gasteiger partial charge in [-0.1, -0.05) is 19.3 Å². The van der Waals surface area contributed by atoms with Crippen molar-refractivity contribution in [1.29, 1.82) is 0 Å². The minimum atomic E-state index is 0.126. The third-order valence-electron chi connectivity index (χ3n) is 4.17. The number of carbonyl (C=O) groups is 1. The number of nitrogens with one attached hydrogen (secondary N) is 3. The van der Waals surface area contributed by atoms with Crippen LogP contribution in [-0.4, -0.2) is 37.5 Å². The normalized spacial score (nSPS) is 16.0. The number of hydrogen-bond acceptors (Lipinski definition) is 3. The molecule has 3 N–H and O–H groups in total. The maximum Gasteiger partial charge on any atom is 0.221 e. The number of nitrogens with zero attached hydrogens (tertiary/aromatic N) is 1. The zero-order valence-corrected chi connectivity index (χ0v) is 14.6. The SMILES string of the molecule is CCNC(=NCCc1ccco1)NCCC(=O)NC1CCCCC1. The molecular weight excluding hydrogens is 304 g/mol. The molecule has 1 saturated carbocycles. The summed E-state index contributed by atoms with van der Waals surface area (Å²) in [6, 6.07) is 4.21. The Bertz CT molecular complexity index is 493. The van der Waals surface area contributed by atoms with Crippen molar-refractivity contribution < 1.29 is 9.21 Å². The maximum absolute atomic E-state index is 12.0. The van der Waals surface area contributed by atoms with Crippen molar-refractivity contribution in [2.75, 3.05) is 19.6 Å². The van der Waals surface area contributed by atoms with Gasteiger partial charge in [-0.25, -0.2) is 0 Å². The Morgan fingerprint density at radius 3 is 2.83 bits per heavy atom. The summed E-state index contributed by atoms with van der Waals surface area (Å²) in [5, 5.41) is 9.55. The number of rotatable bonds is 8. The molecule has 1 amide bonds. The molecule has 0 bridgehead atoms. The summed E-state index contributed by atoms with van der Waals surface area (Å²) >= 11 is 0. The number of guanidine groups is 1. The summed E-state index contributed by atoms with van der Waals surface area (Å²) < 4.78 is 5.30. The lowest BCUT2D eigenvalue weighted by Crippen LogP contribution is -2.41. The molecule has 0 aliphatic heterocycles. The van der Waals surface area contributed by atoms with E-state index in [9.17, 15) is 4.79 Å². The monoisotopic (exact) mass is 334 g/mol. The van der Waals surface area contributed by atoms with Gasteiger partial charge in [0.05, 0.1) is 6.26 Å². The van der Waals surface area contributed by atoms with Crippen LogP contribution in [0.25, 0.3) is 0 Å². The molecule has 1 heterocycles. The van der Waals surface area contributed by atoms with Crippen LogP contribution < -0.4 is 16.0 Å². The van der Waals surface area contributed by atoms with E-state index in [0.717, 1.165) is 37.5 Å². The van der Waals surface area contributed by atoms with Gasteiger partial charge in [0.25, 0.3) is 0 Å². The fourth-order valence-electron chi connectivity index (χ4n) is 2.92. The Morgan fingerprint density at radius 1 is 1.29 bits per heavy atom. The molecule has 1 fully saturated rings. The first-order valence-corrected chi connectivity index (χ1v) is 9.12. The molecule has 134 valence electrons. The lowest BCUT2D eigenvalue weighted by molar-refractivity contribution is -0.121. The molecule has 0 radical (unpaired) electrons. The van der Waals surface area contributed by atoms with E-state index in [1.807, 2.05) is 19.1 Å². The van der Waals surface area contributed by atoms with E-state index in [0.29, 0.717) is 25.6 Å². The molecule has 1 aliphatic rings. The van der Waals surface area contributed by atoms with Gasteiger partial charge in [0.1, 0.15) is 5.76 Å². The van der Waals surface area contributed by atoms with Crippen molar-refractivity contribution in [3.63, 3.8) is 0 Å². The molecule has 1 aromatic heterocycles. The van der Waals surface area contributed by atoms with Crippen molar-refractivity contribution in [3.8, 4) is 0 Å². The molecule has 6 nitrogen and oxygen atoms in total. The minimum Gasteiger partial charge on any atom is -0.469 e. The Hall–Kier alpha value is -1.98. The highest BCUT2D eigenvalue weighted by atomic mass is 16.3. The fourth-order valence-corrected chi connectivity index (χ4v) is 2.92. The van der Waals surface area contributed by atoms with Gasteiger partial charge < -0.3 is 20.4 Å². The molecule has 0 atom stereocenters. The van der Waals surface area contributed by atoms with Crippen LogP contribution >= 0.6 is 0 Å². The Balaban J connectivity index is 1.65. The average molecular weight is 334 g/mol. The summed E-state index contributed by atoms with van der Waals surface area (Å²) in [4.78, 5) is 16.5. The van der Waals surface area contributed by atoms with Gasteiger partial charge in [-0.05, 0) is 31.9 Å². The van der Waals surface area contributed by atoms with Crippen molar-refractivity contribution >= 4 is 11.9 Å². The standard InChI is InChI=1S/C18H30N4O2/c1-2-19-18(20-12-10-16-9-6-14-24-16)21-13-11-17(23)22-15-7-4-3-5-8-15/h6,9,14-15H,2-5,7-8,10-13H2,1H3,(H,22,23)(H2,19,20,21). The van der Waals surface area contributed by atoms with Gasteiger partial charge in [-0.2, -0.15) is 0 Å². The van der Waals surface area contributed by atoms with E-state index < -0.39 is 0 Å². The largest absolute Gasteiger partial charge is 0.469 e. The minimum absolute atomic E-state index is 0.126. The molecule has 0 saturated heterocycles. The van der Waals surface area contributed by atoms with Gasteiger partial charge in [0, 0.05) is 38.5 Å². The first kappa shape index (κ1) is 18.4. The highest BCUT2D eigenvalue weighted by molar-refractivity contribution is 5.81. The lowest BCUT2D eigenvalue weighted by atomic mass is 9.95. The highest BCUT2D eigenvalue weighted by Crippen LogP contribution is 2.17. The van der Waals surface area contributed by atoms with Crippen LogP contribution in [0.3, 0.4) is 0 Å². The third-order valence-corrected chi connectivity index (χ3v) is 4.17. The van der Waals surface area contributed by atoms with E-state index >= 15 is 0 Å². The predicted molar refractivity (Wildman–Crippen MR) is 96.0 cm³/mol. The van der Waals surface area contributed by atoms with Crippen molar-refractivity contribution in [2.45, 2.75) is 57.9 Å². The summed E-state index contributed by atoms with van der Waals surface area (Å²) in [7, 11) is 0. The van der Waals surface area contributed by atoms with Crippen molar-refractivity contribution in [2.24, 2.45) is 4.99 Å². The highest BCUT2D eigenvalue weighted by Gasteiger charge is 2.15. The Labute approximate surface area is 144 Å². The second kappa shape index (κ2) is 10.7. The van der Waals surface area contributed by atoms with E-state index in [1.54, 1.807) is 6.26 Å². The quantitative estimate of drug-likeness (QED) is 0.503. The van der Waals surface area contributed by atoms with E-state index in [4.69, 9.17) is 4.42 Å². The number of furan rings is 1. The smallest absolute Gasteiger partial charge is 0.221 e. The third kappa shape index (κ3) is 7.06. The van der Waals surface area contributed by atoms with Gasteiger partial charge in [-0.15, -0.1) is 0 Å². The average Bonchev–Trinajstić information content (AvgIpc) is 3.09. The first-order chi connectivity index (χ1) is 11.8. The van der Waals surface area contributed by atoms with Gasteiger partial charge >= 0.3 is 0 Å². The van der Waals surface area contributed by atoms with Crippen molar-refractivity contribution in [3.05, 3.63) is 24.2 Å². The van der Waals surface area contributed by atoms with E-state index in [2.05, 4.69) is 20.9 Å². The van der Waals surface area contributed by atoms with Gasteiger partial charge in [0.2, 0.25) is 5.91 Å². The molecule has 0 spiro atoms. The van der Waals surface area contributed by atoms with Crippen LogP contribution in [0.15, 0.2) is 27.8 Å². The van der Waals surface area contributed by atoms with Crippen molar-refractivity contribution in [1.82, 2.24) is 16.0 Å². The molecule has 1 aromatic rings. The van der Waals surface area contributed by atoms with Crippen LogP contribution in [-0.2, 0) is 11.2 Å². The Kier molecular flexibility index (Phi) is 8.21. The van der Waals surface area contributed by atoms with E-state index in [1.165, 1.54) is 19.3 Å². The molecule has 6 heteroatoms. The van der Waals surface area contributed by atoms with Crippen LogP contribution in [0.5, 0.6) is 0 Å². The van der Waals surface area contributed by atoms with Crippen LogP contribution in [0.4, 0.5) is 0 Å². The first-order valence-electron chi connectivity index (χ1n) is 9.12. The molecular formula is C18H30N4O2. The van der Waals surface area contributed by atoms with Crippen LogP contribution in [0, 0.1) is 0 Å². The van der Waals surface area contributed by atoms with Gasteiger partial charge in [-0.3, -0.25) is 9.79 Å². The number of aliphatic imine (C=N–C) groups is 1. The van der Waals surface area contributed by atoms with E-state index in [-0.39, 0.29) is 5.91 Å². The molecule has 1 aliphatic carbocycles. The number of amides is 1. The maximum atomic E-state index is 12.0. The Morgan fingerprint density at radius 2 is 2.12 bits per heavy atom. The summed E-state index contributed by atoms with van der Waals surface area (Å²) in [6.07, 6.45) is 8.92. The fraction of sp³-hybridized carbons (Fsp3) is 0.667. The topological polar surface area (TPSA) is 78.7 Å². The molecule has 2 rings (SSSR count). The number of carbonyl (C=O) groups excluding carboxylic acids is 1. The molecule has 0 unspecified atom stereocenters. The predicted octanol–water partition coefficient (Wildman–Crippen LogP) is 2.22. The number of hydrogen-bond donors (Lipinski definition) is 3. The lowest BCUT2D eigenvalue weighted by Gasteiger charge is -2.22. The van der Waals surface area contributed by atoms with Crippen LogP contribution in [0.1, 0.15) is 51.2 Å². The van der Waals surface area contributed by atoms with Gasteiger partial charge in [0.15, 0.2) is 5.96 Å². The second-order valence-electron chi connectivity index (χ2n) is 6.17. The zero-order valence-electron chi connectivity index (χ0n) is 14.6. The zero-order chi connectivity index (χ0) is 17.0. The summed E-state index contributed by atoms with van der Waals surface area (Å²) in [5.41, 5.74) is 0. The molecule has 24 heavy (non-hydrogen) atoms. The summed E-state index contributed by atoms with van der Waals surface area (Å²) in [6.45, 7) is 4.06. The van der Waals surface area contributed by atoms with Crippen LogP contribution in [0.2, 0.25) is 0 Å².